The first-order valence-corrected chi connectivity index (χ1v) is 5.84. The van der Waals surface area contributed by atoms with E-state index in [1.165, 1.54) is 32.4 Å². The van der Waals surface area contributed by atoms with E-state index in [0.717, 1.165) is 11.8 Å². The molecular formula is C12H27N. The molecule has 13 heavy (non-hydrogen) atoms. The third-order valence-corrected chi connectivity index (χ3v) is 3.39. The summed E-state index contributed by atoms with van der Waals surface area (Å²) in [6, 6.07) is 0. The van der Waals surface area contributed by atoms with E-state index in [0.29, 0.717) is 0 Å². The smallest absolute Gasteiger partial charge is 0.00192 e. The Kier molecular flexibility index (Phi) is 7.35. The molecule has 0 spiro atoms. The van der Waals surface area contributed by atoms with Crippen LogP contribution < -0.4 is 0 Å². The summed E-state index contributed by atoms with van der Waals surface area (Å²) in [5, 5.41) is 0. The summed E-state index contributed by atoms with van der Waals surface area (Å²) in [5.41, 5.74) is 0. The topological polar surface area (TPSA) is 3.24 Å². The van der Waals surface area contributed by atoms with Crippen molar-refractivity contribution in [1.29, 1.82) is 0 Å². The molecular weight excluding hydrogens is 158 g/mol. The van der Waals surface area contributed by atoms with E-state index in [4.69, 9.17) is 0 Å². The van der Waals surface area contributed by atoms with Crippen LogP contribution in [0.15, 0.2) is 0 Å². The van der Waals surface area contributed by atoms with Crippen molar-refractivity contribution in [2.75, 3.05) is 20.1 Å². The maximum absolute atomic E-state index is 2.41. The Balaban J connectivity index is 3.71. The lowest BCUT2D eigenvalue weighted by Gasteiger charge is -2.24. The van der Waals surface area contributed by atoms with E-state index >= 15 is 0 Å². The number of hydrogen-bond donors (Lipinski definition) is 0. The molecule has 0 aliphatic carbocycles. The van der Waals surface area contributed by atoms with Gasteiger partial charge < -0.3 is 4.90 Å². The van der Waals surface area contributed by atoms with Gasteiger partial charge in [-0.15, -0.1) is 0 Å². The van der Waals surface area contributed by atoms with Crippen LogP contribution in [0.5, 0.6) is 0 Å². The van der Waals surface area contributed by atoms with Crippen molar-refractivity contribution in [3.8, 4) is 0 Å². The van der Waals surface area contributed by atoms with E-state index in [-0.39, 0.29) is 0 Å². The molecule has 1 nitrogen and oxygen atoms in total. The maximum atomic E-state index is 2.41. The van der Waals surface area contributed by atoms with Crippen molar-refractivity contribution < 1.29 is 0 Å². The highest BCUT2D eigenvalue weighted by atomic mass is 15.1. The summed E-state index contributed by atoms with van der Waals surface area (Å²) < 4.78 is 0. The Morgan fingerprint density at radius 3 is 2.08 bits per heavy atom. The molecule has 80 valence electrons. The summed E-state index contributed by atoms with van der Waals surface area (Å²) in [6.45, 7) is 11.7. The van der Waals surface area contributed by atoms with Crippen molar-refractivity contribution in [2.24, 2.45) is 11.8 Å². The van der Waals surface area contributed by atoms with Crippen LogP contribution in [0, 0.1) is 11.8 Å². The third-order valence-electron chi connectivity index (χ3n) is 3.39. The molecule has 0 amide bonds. The quantitative estimate of drug-likeness (QED) is 0.587. The van der Waals surface area contributed by atoms with Crippen molar-refractivity contribution in [3.05, 3.63) is 0 Å². The molecule has 0 aliphatic rings. The second-order valence-corrected chi connectivity index (χ2v) is 4.24. The van der Waals surface area contributed by atoms with Gasteiger partial charge in [-0.2, -0.15) is 0 Å². The Morgan fingerprint density at radius 2 is 1.69 bits per heavy atom. The van der Waals surface area contributed by atoms with E-state index in [1.54, 1.807) is 0 Å². The number of hydrogen-bond acceptors (Lipinski definition) is 1. The van der Waals surface area contributed by atoms with Gasteiger partial charge in [-0.05, 0) is 38.4 Å². The average molecular weight is 185 g/mol. The van der Waals surface area contributed by atoms with Gasteiger partial charge in [0, 0.05) is 0 Å². The molecule has 0 aromatic rings. The van der Waals surface area contributed by atoms with Gasteiger partial charge in [0.15, 0.2) is 0 Å². The van der Waals surface area contributed by atoms with Crippen LogP contribution in [0.4, 0.5) is 0 Å². The first-order valence-electron chi connectivity index (χ1n) is 5.84. The van der Waals surface area contributed by atoms with Crippen LogP contribution in [0.3, 0.4) is 0 Å². The SMILES string of the molecule is CCC(C)C(CC)CCN(C)CC. The zero-order valence-electron chi connectivity index (χ0n) is 10.1. The Hall–Kier alpha value is -0.0400. The molecule has 0 heterocycles. The summed E-state index contributed by atoms with van der Waals surface area (Å²) in [4.78, 5) is 2.41. The molecule has 2 atom stereocenters. The van der Waals surface area contributed by atoms with Crippen LogP contribution in [0.2, 0.25) is 0 Å². The van der Waals surface area contributed by atoms with Gasteiger partial charge in [0.25, 0.3) is 0 Å². The number of nitrogens with zero attached hydrogens (tertiary/aromatic N) is 1. The van der Waals surface area contributed by atoms with Gasteiger partial charge in [0.1, 0.15) is 0 Å². The molecule has 0 saturated carbocycles. The molecule has 0 rings (SSSR count). The summed E-state index contributed by atoms with van der Waals surface area (Å²) in [7, 11) is 2.21. The van der Waals surface area contributed by atoms with Crippen LogP contribution in [0.1, 0.15) is 47.0 Å². The van der Waals surface area contributed by atoms with Gasteiger partial charge >= 0.3 is 0 Å². The predicted molar refractivity (Wildman–Crippen MR) is 61.0 cm³/mol. The second-order valence-electron chi connectivity index (χ2n) is 4.24. The summed E-state index contributed by atoms with van der Waals surface area (Å²) >= 11 is 0. The molecule has 0 N–H and O–H groups in total. The summed E-state index contributed by atoms with van der Waals surface area (Å²) in [6.07, 6.45) is 4.04. The standard InChI is InChI=1S/C12H27N/c1-6-11(4)12(7-2)9-10-13(5)8-3/h11-12H,6-10H2,1-5H3. The second kappa shape index (κ2) is 7.37. The lowest BCUT2D eigenvalue weighted by atomic mass is 9.87. The third kappa shape index (κ3) is 5.30. The first kappa shape index (κ1) is 13.0. The molecule has 0 radical (unpaired) electrons. The lowest BCUT2D eigenvalue weighted by Crippen LogP contribution is -2.23. The van der Waals surface area contributed by atoms with Crippen LogP contribution in [0.25, 0.3) is 0 Å². The fourth-order valence-electron chi connectivity index (χ4n) is 1.77. The highest BCUT2D eigenvalue weighted by Crippen LogP contribution is 2.22. The van der Waals surface area contributed by atoms with E-state index < -0.39 is 0 Å². The van der Waals surface area contributed by atoms with E-state index in [1.807, 2.05) is 0 Å². The van der Waals surface area contributed by atoms with Gasteiger partial charge in [0.2, 0.25) is 0 Å². The molecule has 0 saturated heterocycles. The zero-order valence-corrected chi connectivity index (χ0v) is 10.1. The Bertz CT molecular complexity index is 112. The van der Waals surface area contributed by atoms with Gasteiger partial charge in [-0.1, -0.05) is 40.5 Å². The van der Waals surface area contributed by atoms with Gasteiger partial charge in [-0.3, -0.25) is 0 Å². The minimum Gasteiger partial charge on any atom is -0.307 e. The Morgan fingerprint density at radius 1 is 1.08 bits per heavy atom. The highest BCUT2D eigenvalue weighted by molar-refractivity contribution is 4.65. The normalized spacial score (nSPS) is 16.2. The molecule has 0 aliphatic heterocycles. The number of rotatable bonds is 7. The van der Waals surface area contributed by atoms with Crippen molar-refractivity contribution in [2.45, 2.75) is 47.0 Å². The molecule has 1 heteroatoms. The van der Waals surface area contributed by atoms with E-state index in [9.17, 15) is 0 Å². The lowest BCUT2D eigenvalue weighted by molar-refractivity contribution is 0.258. The maximum Gasteiger partial charge on any atom is -0.00192 e. The van der Waals surface area contributed by atoms with Crippen molar-refractivity contribution >= 4 is 0 Å². The van der Waals surface area contributed by atoms with Crippen molar-refractivity contribution in [3.63, 3.8) is 0 Å². The zero-order chi connectivity index (χ0) is 10.3. The molecule has 0 bridgehead atoms. The van der Waals surface area contributed by atoms with Gasteiger partial charge in [0.05, 0.1) is 0 Å². The van der Waals surface area contributed by atoms with Crippen LogP contribution in [-0.2, 0) is 0 Å². The molecule has 2 unspecified atom stereocenters. The Labute approximate surface area is 84.5 Å². The predicted octanol–water partition coefficient (Wildman–Crippen LogP) is 3.40. The monoisotopic (exact) mass is 185 g/mol. The fourth-order valence-corrected chi connectivity index (χ4v) is 1.77. The van der Waals surface area contributed by atoms with E-state index in [2.05, 4.69) is 39.6 Å². The van der Waals surface area contributed by atoms with Gasteiger partial charge in [-0.25, -0.2) is 0 Å². The van der Waals surface area contributed by atoms with Crippen LogP contribution in [-0.4, -0.2) is 25.0 Å². The minimum absolute atomic E-state index is 0.898. The fraction of sp³-hybridized carbons (Fsp3) is 1.00. The molecule has 0 aromatic heterocycles. The largest absolute Gasteiger partial charge is 0.307 e. The average Bonchev–Trinajstić information content (AvgIpc) is 2.17. The highest BCUT2D eigenvalue weighted by Gasteiger charge is 2.13. The van der Waals surface area contributed by atoms with Crippen molar-refractivity contribution in [1.82, 2.24) is 4.90 Å². The minimum atomic E-state index is 0.898. The molecule has 0 fully saturated rings. The van der Waals surface area contributed by atoms with Crippen LogP contribution >= 0.6 is 0 Å². The first-order chi connectivity index (χ1) is 6.15. The summed E-state index contributed by atoms with van der Waals surface area (Å²) in [5.74, 6) is 1.83. The molecule has 0 aromatic carbocycles.